The molecule has 1 aliphatic rings. The topological polar surface area (TPSA) is 18.5 Å². The van der Waals surface area contributed by atoms with Crippen molar-refractivity contribution in [3.05, 3.63) is 0 Å². The molecule has 0 aromatic rings. The van der Waals surface area contributed by atoms with Crippen LogP contribution in [0.1, 0.15) is 33.1 Å². The molecule has 0 aromatic heterocycles. The Balaban J connectivity index is 2.41. The van der Waals surface area contributed by atoms with Crippen molar-refractivity contribution in [3.63, 3.8) is 0 Å². The quantitative estimate of drug-likeness (QED) is 0.584. The maximum Gasteiger partial charge on any atom is 0.168 e. The highest BCUT2D eigenvalue weighted by molar-refractivity contribution is 14.1. The lowest BCUT2D eigenvalue weighted by Gasteiger charge is -2.24. The molecule has 0 amide bonds. The van der Waals surface area contributed by atoms with Crippen LogP contribution in [0.25, 0.3) is 0 Å². The summed E-state index contributed by atoms with van der Waals surface area (Å²) in [5, 5.41) is 0. The van der Waals surface area contributed by atoms with Gasteiger partial charge in [0.15, 0.2) is 5.79 Å². The zero-order valence-corrected chi connectivity index (χ0v) is 9.96. The number of hydrogen-bond acceptors (Lipinski definition) is 2. The van der Waals surface area contributed by atoms with Gasteiger partial charge in [0.1, 0.15) is 0 Å². The molecule has 12 heavy (non-hydrogen) atoms. The summed E-state index contributed by atoms with van der Waals surface area (Å²) in [5.74, 6) is -0.253. The average molecular weight is 284 g/mol. The Hall–Kier alpha value is 0.650. The van der Waals surface area contributed by atoms with Crippen molar-refractivity contribution in [2.45, 2.75) is 45.0 Å². The lowest BCUT2D eigenvalue weighted by Crippen LogP contribution is -2.28. The van der Waals surface area contributed by atoms with Crippen molar-refractivity contribution in [3.8, 4) is 0 Å². The first-order valence-corrected chi connectivity index (χ1v) is 6.16. The predicted octanol–water partition coefficient (Wildman–Crippen LogP) is 2.74. The van der Waals surface area contributed by atoms with Crippen molar-refractivity contribution < 1.29 is 9.47 Å². The molecule has 0 N–H and O–H groups in total. The van der Waals surface area contributed by atoms with E-state index in [0.29, 0.717) is 6.10 Å². The van der Waals surface area contributed by atoms with Gasteiger partial charge in [-0.1, -0.05) is 36.4 Å². The van der Waals surface area contributed by atoms with Crippen LogP contribution in [-0.2, 0) is 9.47 Å². The van der Waals surface area contributed by atoms with Gasteiger partial charge in [0.2, 0.25) is 0 Å². The molecule has 1 saturated heterocycles. The Labute approximate surface area is 88.1 Å². The molecule has 0 spiro atoms. The number of alkyl halides is 1. The summed E-state index contributed by atoms with van der Waals surface area (Å²) >= 11 is 2.38. The number of halogens is 1. The van der Waals surface area contributed by atoms with Crippen LogP contribution in [0, 0.1) is 0 Å². The molecular weight excluding hydrogens is 267 g/mol. The molecule has 0 bridgehead atoms. The molecule has 2 nitrogen and oxygen atoms in total. The van der Waals surface area contributed by atoms with Gasteiger partial charge in [0, 0.05) is 4.43 Å². The van der Waals surface area contributed by atoms with Crippen molar-refractivity contribution in [1.29, 1.82) is 0 Å². The molecule has 1 fully saturated rings. The van der Waals surface area contributed by atoms with E-state index >= 15 is 0 Å². The summed E-state index contributed by atoms with van der Waals surface area (Å²) in [4.78, 5) is 0. The van der Waals surface area contributed by atoms with Gasteiger partial charge in [0.25, 0.3) is 0 Å². The van der Waals surface area contributed by atoms with E-state index in [1.165, 1.54) is 0 Å². The second-order valence-electron chi connectivity index (χ2n) is 3.15. The van der Waals surface area contributed by atoms with E-state index in [2.05, 4.69) is 36.4 Å². The lowest BCUT2D eigenvalue weighted by atomic mass is 10.1. The molecule has 1 heterocycles. The highest BCUT2D eigenvalue weighted by Gasteiger charge is 2.37. The third-order valence-electron chi connectivity index (χ3n) is 2.42. The molecule has 0 aliphatic carbocycles. The highest BCUT2D eigenvalue weighted by Crippen LogP contribution is 2.31. The van der Waals surface area contributed by atoms with Crippen molar-refractivity contribution in [1.82, 2.24) is 0 Å². The maximum absolute atomic E-state index is 5.86. The van der Waals surface area contributed by atoms with Gasteiger partial charge in [-0.2, -0.15) is 0 Å². The minimum Gasteiger partial charge on any atom is -0.347 e. The van der Waals surface area contributed by atoms with Gasteiger partial charge >= 0.3 is 0 Å². The van der Waals surface area contributed by atoms with Crippen molar-refractivity contribution in [2.24, 2.45) is 0 Å². The molecule has 1 rings (SSSR count). The largest absolute Gasteiger partial charge is 0.347 e. The molecule has 1 atom stereocenters. The van der Waals surface area contributed by atoms with Crippen LogP contribution in [0.2, 0.25) is 0 Å². The van der Waals surface area contributed by atoms with Crippen LogP contribution in [0.15, 0.2) is 0 Å². The Kier molecular flexibility index (Phi) is 4.26. The van der Waals surface area contributed by atoms with Crippen molar-refractivity contribution >= 4 is 22.6 Å². The fraction of sp³-hybridized carbons (Fsp3) is 1.00. The zero-order chi connectivity index (χ0) is 9.03. The first-order valence-electron chi connectivity index (χ1n) is 4.64. The Morgan fingerprint density at radius 2 is 2.08 bits per heavy atom. The Bertz CT molecular complexity index is 134. The van der Waals surface area contributed by atoms with E-state index in [-0.39, 0.29) is 5.79 Å². The summed E-state index contributed by atoms with van der Waals surface area (Å²) in [6.45, 7) is 5.02. The lowest BCUT2D eigenvalue weighted by molar-refractivity contribution is -0.171. The molecule has 0 unspecified atom stereocenters. The smallest absolute Gasteiger partial charge is 0.168 e. The summed E-state index contributed by atoms with van der Waals surface area (Å²) in [5.41, 5.74) is 0. The first-order chi connectivity index (χ1) is 5.76. The van der Waals surface area contributed by atoms with Crippen LogP contribution in [0.3, 0.4) is 0 Å². The molecular formula is C9H17IO2. The third-order valence-corrected chi connectivity index (χ3v) is 3.04. The van der Waals surface area contributed by atoms with E-state index in [1.807, 2.05) is 0 Å². The van der Waals surface area contributed by atoms with Crippen molar-refractivity contribution in [2.75, 3.05) is 11.0 Å². The molecule has 72 valence electrons. The summed E-state index contributed by atoms with van der Waals surface area (Å²) in [7, 11) is 0. The number of hydrogen-bond donors (Lipinski definition) is 0. The van der Waals surface area contributed by atoms with Crippen LogP contribution < -0.4 is 0 Å². The number of rotatable bonds is 4. The Morgan fingerprint density at radius 3 is 2.50 bits per heavy atom. The Morgan fingerprint density at radius 1 is 1.42 bits per heavy atom. The average Bonchev–Trinajstić information content (AvgIpc) is 2.50. The normalized spacial score (nSPS) is 27.8. The highest BCUT2D eigenvalue weighted by atomic mass is 127. The standard InChI is InChI=1S/C9H17IO2/c1-3-9(4-2)11-7-8(12-9)5-6-10/h8H,3-7H2,1-2H3/t8-/m0/s1. The zero-order valence-electron chi connectivity index (χ0n) is 7.81. The minimum absolute atomic E-state index is 0.253. The monoisotopic (exact) mass is 284 g/mol. The van der Waals surface area contributed by atoms with Gasteiger partial charge in [0.05, 0.1) is 12.7 Å². The van der Waals surface area contributed by atoms with Crippen LogP contribution in [-0.4, -0.2) is 22.9 Å². The molecule has 0 aromatic carbocycles. The second kappa shape index (κ2) is 4.77. The molecule has 3 heteroatoms. The summed E-state index contributed by atoms with van der Waals surface area (Å²) in [6.07, 6.45) is 3.37. The van der Waals surface area contributed by atoms with Crippen LogP contribution >= 0.6 is 22.6 Å². The van der Waals surface area contributed by atoms with Gasteiger partial charge in [-0.3, -0.25) is 0 Å². The molecule has 0 radical (unpaired) electrons. The van der Waals surface area contributed by atoms with Gasteiger partial charge in [-0.15, -0.1) is 0 Å². The summed E-state index contributed by atoms with van der Waals surface area (Å²) < 4.78 is 12.7. The fourth-order valence-electron chi connectivity index (χ4n) is 1.50. The van der Waals surface area contributed by atoms with Crippen LogP contribution in [0.5, 0.6) is 0 Å². The third kappa shape index (κ3) is 2.33. The fourth-order valence-corrected chi connectivity index (χ4v) is 2.20. The van der Waals surface area contributed by atoms with Crippen LogP contribution in [0.4, 0.5) is 0 Å². The SMILES string of the molecule is CCC1(CC)OC[C@H](CCI)O1. The van der Waals surface area contributed by atoms with Gasteiger partial charge in [-0.25, -0.2) is 0 Å². The number of ether oxygens (including phenoxy) is 2. The van der Waals surface area contributed by atoms with Gasteiger partial charge in [-0.05, 0) is 19.3 Å². The predicted molar refractivity (Wildman–Crippen MR) is 57.6 cm³/mol. The molecule has 0 saturated carbocycles. The van der Waals surface area contributed by atoms with Gasteiger partial charge < -0.3 is 9.47 Å². The second-order valence-corrected chi connectivity index (χ2v) is 4.23. The van der Waals surface area contributed by atoms with E-state index in [4.69, 9.17) is 9.47 Å². The first kappa shape index (κ1) is 10.7. The van der Waals surface area contributed by atoms with E-state index in [1.54, 1.807) is 0 Å². The maximum atomic E-state index is 5.86. The molecule has 1 aliphatic heterocycles. The van der Waals surface area contributed by atoms with E-state index in [0.717, 1.165) is 30.3 Å². The van der Waals surface area contributed by atoms with E-state index < -0.39 is 0 Å². The van der Waals surface area contributed by atoms with E-state index in [9.17, 15) is 0 Å². The summed E-state index contributed by atoms with van der Waals surface area (Å²) in [6, 6.07) is 0. The minimum atomic E-state index is -0.253.